The third-order valence-electron chi connectivity index (χ3n) is 10.6. The number of ether oxygens (including phenoxy) is 2. The predicted molar refractivity (Wildman–Crippen MR) is 251 cm³/mol. The fourth-order valence-electron chi connectivity index (χ4n) is 6.78. The Morgan fingerprint density at radius 2 is 1.00 bits per heavy atom. The van der Waals surface area contributed by atoms with Crippen LogP contribution in [0.2, 0.25) is 0 Å². The van der Waals surface area contributed by atoms with Crippen molar-refractivity contribution in [3.63, 3.8) is 0 Å². The lowest BCUT2D eigenvalue weighted by atomic mass is 10.0. The quantitative estimate of drug-likeness (QED) is 0.0168. The van der Waals surface area contributed by atoms with E-state index >= 15 is 0 Å². The molecule has 0 rings (SSSR count). The summed E-state index contributed by atoms with van der Waals surface area (Å²) < 4.78 is 32.6. The lowest BCUT2D eigenvalue weighted by Gasteiger charge is -2.20. The molecule has 0 fully saturated rings. The maximum atomic E-state index is 12.6. The molecule has 362 valence electrons. The van der Waals surface area contributed by atoms with Crippen LogP contribution < -0.4 is 5.73 Å². The molecule has 0 radical (unpaired) electrons. The minimum Gasteiger partial charge on any atom is -0.462 e. The minimum absolute atomic E-state index is 0.00451. The van der Waals surface area contributed by atoms with Crippen LogP contribution in [-0.4, -0.2) is 82.9 Å². The van der Waals surface area contributed by atoms with Crippen molar-refractivity contribution >= 4 is 19.8 Å². The molecule has 0 aromatic heterocycles. The van der Waals surface area contributed by atoms with Gasteiger partial charge in [-0.1, -0.05) is 210 Å². The molecule has 0 aromatic rings. The molecule has 0 aliphatic heterocycles. The number of unbranched alkanes of at least 4 members (excludes halogenated alkanes) is 22. The van der Waals surface area contributed by atoms with Gasteiger partial charge in [0.2, 0.25) is 0 Å². The SMILES string of the molecule is CCCCCCCCCCCCCCCCCCCCCCCC(=O)O[C@H](COC(=O)CCC[C@@H](O)[C@H](O)/C=C/C=C/C=C\C=C\[C@H](O)CCCCC)COP(=O)(O)OCCN. The van der Waals surface area contributed by atoms with E-state index < -0.39 is 57.4 Å². The van der Waals surface area contributed by atoms with Crippen molar-refractivity contribution < 1.29 is 52.9 Å². The summed E-state index contributed by atoms with van der Waals surface area (Å²) in [6.45, 7) is 3.26. The van der Waals surface area contributed by atoms with E-state index in [-0.39, 0.29) is 38.8 Å². The van der Waals surface area contributed by atoms with Gasteiger partial charge >= 0.3 is 19.8 Å². The second-order valence-electron chi connectivity index (χ2n) is 16.6. The number of allylic oxidation sites excluding steroid dienone is 6. The molecule has 0 amide bonds. The molecular formula is C49H90NO11P. The van der Waals surface area contributed by atoms with Crippen molar-refractivity contribution in [1.82, 2.24) is 0 Å². The molecule has 1 unspecified atom stereocenters. The van der Waals surface area contributed by atoms with Crippen molar-refractivity contribution in [2.75, 3.05) is 26.4 Å². The van der Waals surface area contributed by atoms with Gasteiger partial charge in [0.1, 0.15) is 6.61 Å². The Morgan fingerprint density at radius 3 is 1.52 bits per heavy atom. The first-order chi connectivity index (χ1) is 30.0. The highest BCUT2D eigenvalue weighted by Crippen LogP contribution is 2.43. The number of aliphatic hydroxyl groups is 3. The van der Waals surface area contributed by atoms with E-state index in [1.54, 1.807) is 42.5 Å². The maximum Gasteiger partial charge on any atom is 0.472 e. The van der Waals surface area contributed by atoms with Crippen molar-refractivity contribution in [2.45, 2.75) is 224 Å². The topological polar surface area (TPSA) is 195 Å². The number of hydrogen-bond donors (Lipinski definition) is 5. The van der Waals surface area contributed by atoms with Gasteiger partial charge in [-0.05, 0) is 25.7 Å². The Labute approximate surface area is 376 Å². The van der Waals surface area contributed by atoms with E-state index in [9.17, 15) is 34.4 Å². The van der Waals surface area contributed by atoms with Gasteiger partial charge in [0.25, 0.3) is 0 Å². The van der Waals surface area contributed by atoms with E-state index in [0.29, 0.717) is 6.42 Å². The summed E-state index contributed by atoms with van der Waals surface area (Å²) in [6.07, 6.45) is 40.9. The molecule has 0 aromatic carbocycles. The Balaban J connectivity index is 4.33. The molecular weight excluding hydrogens is 810 g/mol. The molecule has 13 heteroatoms. The maximum absolute atomic E-state index is 12.6. The van der Waals surface area contributed by atoms with Crippen LogP contribution in [0.5, 0.6) is 0 Å². The zero-order valence-electron chi connectivity index (χ0n) is 38.9. The average Bonchev–Trinajstić information content (AvgIpc) is 3.25. The van der Waals surface area contributed by atoms with Crippen LogP contribution in [0, 0.1) is 0 Å². The first-order valence-corrected chi connectivity index (χ1v) is 25.9. The van der Waals surface area contributed by atoms with Crippen LogP contribution >= 0.6 is 7.82 Å². The highest BCUT2D eigenvalue weighted by molar-refractivity contribution is 7.47. The molecule has 0 bridgehead atoms. The number of hydrogen-bond acceptors (Lipinski definition) is 11. The summed E-state index contributed by atoms with van der Waals surface area (Å²) in [5.41, 5.74) is 5.34. The average molecular weight is 900 g/mol. The summed E-state index contributed by atoms with van der Waals surface area (Å²) in [7, 11) is -4.46. The number of nitrogens with two attached hydrogens (primary N) is 1. The zero-order valence-corrected chi connectivity index (χ0v) is 39.8. The predicted octanol–water partition coefficient (Wildman–Crippen LogP) is 11.2. The summed E-state index contributed by atoms with van der Waals surface area (Å²) in [5, 5.41) is 30.5. The van der Waals surface area contributed by atoms with Gasteiger partial charge in [-0.3, -0.25) is 18.6 Å². The fourth-order valence-corrected chi connectivity index (χ4v) is 7.55. The first kappa shape index (κ1) is 59.9. The van der Waals surface area contributed by atoms with Crippen LogP contribution in [0.4, 0.5) is 0 Å². The van der Waals surface area contributed by atoms with Crippen LogP contribution in [0.25, 0.3) is 0 Å². The van der Waals surface area contributed by atoms with Gasteiger partial charge < -0.3 is 35.4 Å². The van der Waals surface area contributed by atoms with E-state index in [0.717, 1.165) is 44.9 Å². The van der Waals surface area contributed by atoms with E-state index in [1.165, 1.54) is 115 Å². The van der Waals surface area contributed by atoms with Gasteiger partial charge in [0, 0.05) is 19.4 Å². The summed E-state index contributed by atoms with van der Waals surface area (Å²) >= 11 is 0. The van der Waals surface area contributed by atoms with Crippen LogP contribution in [0.15, 0.2) is 48.6 Å². The molecule has 0 spiro atoms. The molecule has 5 atom stereocenters. The molecule has 0 saturated heterocycles. The van der Waals surface area contributed by atoms with Crippen molar-refractivity contribution in [2.24, 2.45) is 5.73 Å². The molecule has 0 heterocycles. The van der Waals surface area contributed by atoms with E-state index in [1.807, 2.05) is 0 Å². The second kappa shape index (κ2) is 44.1. The van der Waals surface area contributed by atoms with Gasteiger partial charge in [-0.15, -0.1) is 0 Å². The van der Waals surface area contributed by atoms with Gasteiger partial charge in [-0.25, -0.2) is 4.57 Å². The summed E-state index contributed by atoms with van der Waals surface area (Å²) in [6, 6.07) is 0. The Bertz CT molecular complexity index is 1210. The van der Waals surface area contributed by atoms with E-state index in [2.05, 4.69) is 13.8 Å². The highest BCUT2D eigenvalue weighted by atomic mass is 31.2. The smallest absolute Gasteiger partial charge is 0.462 e. The standard InChI is InChI=1S/C49H90NO11P/c1-3-5-7-8-9-10-11-12-13-14-15-16-17-18-19-20-21-22-23-28-32-38-49(55)61-45(43-60-62(56,57)59-41-40-50)42-58-48(54)39-33-37-47(53)46(52)36-31-27-25-24-26-30-35-44(51)34-29-6-4-2/h24-27,30-31,35-36,44-47,51-53H,3-23,28-29,32-34,37-43,50H2,1-2H3,(H,56,57)/b26-24-,27-25+,35-30+,36-31+/t44-,45-,46-,47-/m1/s1. The van der Waals surface area contributed by atoms with Crippen LogP contribution in [0.3, 0.4) is 0 Å². The third-order valence-corrected chi connectivity index (χ3v) is 11.6. The Kier molecular flexibility index (Phi) is 42.5. The number of aliphatic hydroxyl groups excluding tert-OH is 3. The van der Waals surface area contributed by atoms with Gasteiger partial charge in [0.15, 0.2) is 6.10 Å². The lowest BCUT2D eigenvalue weighted by Crippen LogP contribution is -2.30. The number of carbonyl (C=O) groups is 2. The molecule has 0 aliphatic carbocycles. The van der Waals surface area contributed by atoms with E-state index in [4.69, 9.17) is 24.3 Å². The third kappa shape index (κ3) is 41.8. The Hall–Kier alpha value is -2.15. The van der Waals surface area contributed by atoms with Crippen molar-refractivity contribution in [3.05, 3.63) is 48.6 Å². The monoisotopic (exact) mass is 900 g/mol. The first-order valence-electron chi connectivity index (χ1n) is 24.4. The molecule has 12 nitrogen and oxygen atoms in total. The van der Waals surface area contributed by atoms with Gasteiger partial charge in [0.05, 0.1) is 31.5 Å². The Morgan fingerprint density at radius 1 is 0.548 bits per heavy atom. The fraction of sp³-hybridized carbons (Fsp3) is 0.796. The zero-order chi connectivity index (χ0) is 45.8. The molecule has 0 saturated carbocycles. The summed E-state index contributed by atoms with van der Waals surface area (Å²) in [5.74, 6) is -1.15. The number of rotatable bonds is 45. The molecule has 0 aliphatic rings. The summed E-state index contributed by atoms with van der Waals surface area (Å²) in [4.78, 5) is 35.0. The molecule has 6 N–H and O–H groups in total. The number of carbonyl (C=O) groups excluding carboxylic acids is 2. The second-order valence-corrected chi connectivity index (χ2v) is 18.0. The lowest BCUT2D eigenvalue weighted by molar-refractivity contribution is -0.161. The largest absolute Gasteiger partial charge is 0.472 e. The number of phosphoric acid groups is 1. The minimum atomic E-state index is -4.46. The number of phosphoric ester groups is 1. The number of esters is 2. The van der Waals surface area contributed by atoms with Gasteiger partial charge in [-0.2, -0.15) is 0 Å². The van der Waals surface area contributed by atoms with Crippen molar-refractivity contribution in [1.29, 1.82) is 0 Å². The normalized spacial score (nSPS) is 15.1. The van der Waals surface area contributed by atoms with Crippen molar-refractivity contribution in [3.8, 4) is 0 Å². The molecule has 62 heavy (non-hydrogen) atoms. The van der Waals surface area contributed by atoms with Crippen LogP contribution in [0.1, 0.15) is 200 Å². The van der Waals surface area contributed by atoms with Crippen LogP contribution in [-0.2, 0) is 32.7 Å². The highest BCUT2D eigenvalue weighted by Gasteiger charge is 2.26.